The number of ether oxygens (including phenoxy) is 1. The second kappa shape index (κ2) is 8.15. The highest BCUT2D eigenvalue weighted by molar-refractivity contribution is 7.12. The fourth-order valence-corrected chi connectivity index (χ4v) is 6.29. The number of urea groups is 1. The minimum atomic E-state index is -0.0500. The third-order valence-corrected chi connectivity index (χ3v) is 7.58. The van der Waals surface area contributed by atoms with Crippen LogP contribution >= 0.6 is 11.3 Å². The Balaban J connectivity index is 1.49. The van der Waals surface area contributed by atoms with Gasteiger partial charge in [-0.1, -0.05) is 30.3 Å². The molecule has 0 fully saturated rings. The molecule has 4 nitrogen and oxygen atoms in total. The van der Waals surface area contributed by atoms with Crippen LogP contribution in [0.2, 0.25) is 0 Å². The van der Waals surface area contributed by atoms with Gasteiger partial charge in [-0.15, -0.1) is 11.3 Å². The molecule has 0 bridgehead atoms. The van der Waals surface area contributed by atoms with Crippen molar-refractivity contribution in [2.24, 2.45) is 0 Å². The molecule has 1 atom stereocenters. The minimum absolute atomic E-state index is 0.0243. The Morgan fingerprint density at radius 1 is 1.00 bits per heavy atom. The van der Waals surface area contributed by atoms with Crippen molar-refractivity contribution >= 4 is 23.1 Å². The third-order valence-electron chi connectivity index (χ3n) is 6.19. The highest BCUT2D eigenvalue weighted by Gasteiger charge is 2.36. The average Bonchev–Trinajstić information content (AvgIpc) is 3.18. The van der Waals surface area contributed by atoms with E-state index in [-0.39, 0.29) is 12.1 Å². The summed E-state index contributed by atoms with van der Waals surface area (Å²) in [6, 6.07) is 17.9. The van der Waals surface area contributed by atoms with E-state index in [1.165, 1.54) is 41.7 Å². The summed E-state index contributed by atoms with van der Waals surface area (Å²) in [6.07, 6.45) is 5.89. The lowest BCUT2D eigenvalue weighted by molar-refractivity contribution is 0.195. The Bertz CT molecular complexity index is 1040. The smallest absolute Gasteiger partial charge is 0.322 e. The van der Waals surface area contributed by atoms with Gasteiger partial charge in [0.2, 0.25) is 0 Å². The van der Waals surface area contributed by atoms with Crippen LogP contribution in [0.1, 0.15) is 45.3 Å². The summed E-state index contributed by atoms with van der Waals surface area (Å²) < 4.78 is 5.22. The van der Waals surface area contributed by atoms with Crippen LogP contribution in [-0.2, 0) is 19.3 Å². The lowest BCUT2D eigenvalue weighted by Crippen LogP contribution is -2.42. The number of rotatable bonds is 3. The molecule has 2 aliphatic rings. The molecule has 1 N–H and O–H groups in total. The van der Waals surface area contributed by atoms with Gasteiger partial charge in [-0.25, -0.2) is 4.79 Å². The van der Waals surface area contributed by atoms with Crippen molar-refractivity contribution in [3.05, 3.63) is 81.0 Å². The molecule has 0 saturated carbocycles. The Kier molecular flexibility index (Phi) is 5.21. The van der Waals surface area contributed by atoms with Crippen molar-refractivity contribution in [3.8, 4) is 5.75 Å². The molecular formula is C25H26N2O2S. The van der Waals surface area contributed by atoms with Crippen LogP contribution in [0.25, 0.3) is 0 Å². The van der Waals surface area contributed by atoms with E-state index in [1.807, 2.05) is 46.6 Å². The number of carbonyl (C=O) groups is 1. The molecule has 1 aliphatic carbocycles. The molecule has 0 radical (unpaired) electrons. The van der Waals surface area contributed by atoms with Crippen LogP contribution < -0.4 is 10.1 Å². The van der Waals surface area contributed by atoms with Gasteiger partial charge in [-0.2, -0.15) is 0 Å². The zero-order valence-electron chi connectivity index (χ0n) is 17.2. The number of amides is 2. The van der Waals surface area contributed by atoms with Crippen molar-refractivity contribution in [2.75, 3.05) is 19.0 Å². The molecule has 2 aromatic carbocycles. The number of carbonyl (C=O) groups excluding carboxylic acids is 1. The summed E-state index contributed by atoms with van der Waals surface area (Å²) >= 11 is 1.93. The first-order valence-corrected chi connectivity index (χ1v) is 11.5. The van der Waals surface area contributed by atoms with Crippen molar-refractivity contribution in [2.45, 2.75) is 38.1 Å². The number of anilines is 1. The Morgan fingerprint density at radius 2 is 1.77 bits per heavy atom. The number of nitrogens with one attached hydrogen (secondary N) is 1. The zero-order valence-corrected chi connectivity index (χ0v) is 18.0. The fourth-order valence-electron chi connectivity index (χ4n) is 4.71. The molecule has 30 heavy (non-hydrogen) atoms. The molecule has 1 aromatic heterocycles. The van der Waals surface area contributed by atoms with Gasteiger partial charge in [0.15, 0.2) is 0 Å². The number of benzene rings is 2. The molecule has 5 heteroatoms. The standard InChI is InChI=1S/C25H26N2O2S/c1-29-19-13-11-18(12-14-19)26-25(28)27-16-15-21-20-9-5-6-10-22(20)30-24(21)23(27)17-7-3-2-4-8-17/h2-4,7-8,11-14,23H,5-6,9-10,15-16H2,1H3,(H,26,28). The van der Waals surface area contributed by atoms with Crippen molar-refractivity contribution < 1.29 is 9.53 Å². The van der Waals surface area contributed by atoms with E-state index in [9.17, 15) is 4.79 Å². The van der Waals surface area contributed by atoms with E-state index in [2.05, 4.69) is 29.6 Å². The van der Waals surface area contributed by atoms with E-state index in [1.54, 1.807) is 17.6 Å². The Hall–Kier alpha value is -2.79. The topological polar surface area (TPSA) is 41.6 Å². The van der Waals surface area contributed by atoms with Crippen LogP contribution in [0.4, 0.5) is 10.5 Å². The minimum Gasteiger partial charge on any atom is -0.497 e. The SMILES string of the molecule is COc1ccc(NC(=O)N2CCc3c(sc4c3CCCC4)C2c2ccccc2)cc1. The molecule has 1 unspecified atom stereocenters. The van der Waals surface area contributed by atoms with Gasteiger partial charge in [0.1, 0.15) is 5.75 Å². The lowest BCUT2D eigenvalue weighted by atomic mass is 9.88. The third kappa shape index (κ3) is 3.47. The maximum Gasteiger partial charge on any atom is 0.322 e. The highest BCUT2D eigenvalue weighted by Crippen LogP contribution is 2.45. The van der Waals surface area contributed by atoms with Gasteiger partial charge in [0.05, 0.1) is 13.2 Å². The molecule has 154 valence electrons. The van der Waals surface area contributed by atoms with Crippen LogP contribution in [0.15, 0.2) is 54.6 Å². The molecule has 0 saturated heterocycles. The summed E-state index contributed by atoms with van der Waals surface area (Å²) in [4.78, 5) is 18.3. The Morgan fingerprint density at radius 3 is 2.53 bits per heavy atom. The first-order chi connectivity index (χ1) is 14.7. The van der Waals surface area contributed by atoms with E-state index < -0.39 is 0 Å². The average molecular weight is 419 g/mol. The highest BCUT2D eigenvalue weighted by atomic mass is 32.1. The molecule has 2 heterocycles. The van der Waals surface area contributed by atoms with Gasteiger partial charge < -0.3 is 15.0 Å². The number of thiophene rings is 1. The molecule has 1 aliphatic heterocycles. The van der Waals surface area contributed by atoms with Crippen molar-refractivity contribution in [1.29, 1.82) is 0 Å². The number of methoxy groups -OCH3 is 1. The van der Waals surface area contributed by atoms with Gasteiger partial charge in [0.25, 0.3) is 0 Å². The number of hydrogen-bond donors (Lipinski definition) is 1. The molecular weight excluding hydrogens is 392 g/mol. The normalized spacial score (nSPS) is 17.8. The van der Waals surface area contributed by atoms with Gasteiger partial charge >= 0.3 is 6.03 Å². The summed E-state index contributed by atoms with van der Waals surface area (Å²) in [5.41, 5.74) is 5.06. The van der Waals surface area contributed by atoms with Crippen LogP contribution in [0, 0.1) is 0 Å². The summed E-state index contributed by atoms with van der Waals surface area (Å²) in [5, 5.41) is 3.09. The summed E-state index contributed by atoms with van der Waals surface area (Å²) in [5.74, 6) is 0.780. The van der Waals surface area contributed by atoms with E-state index in [0.717, 1.165) is 24.4 Å². The Labute approximate surface area is 181 Å². The predicted molar refractivity (Wildman–Crippen MR) is 122 cm³/mol. The van der Waals surface area contributed by atoms with Gasteiger partial charge in [-0.05, 0) is 73.1 Å². The monoisotopic (exact) mass is 418 g/mol. The fraction of sp³-hybridized carbons (Fsp3) is 0.320. The van der Waals surface area contributed by atoms with Crippen LogP contribution in [-0.4, -0.2) is 24.6 Å². The molecule has 2 amide bonds. The largest absolute Gasteiger partial charge is 0.497 e. The number of aryl methyl sites for hydroxylation is 1. The lowest BCUT2D eigenvalue weighted by Gasteiger charge is -2.36. The molecule has 0 spiro atoms. The number of hydrogen-bond acceptors (Lipinski definition) is 3. The quantitative estimate of drug-likeness (QED) is 0.583. The van der Waals surface area contributed by atoms with E-state index in [0.29, 0.717) is 0 Å². The number of fused-ring (bicyclic) bond motifs is 3. The van der Waals surface area contributed by atoms with Gasteiger partial charge in [0, 0.05) is 22.0 Å². The number of nitrogens with zero attached hydrogens (tertiary/aromatic N) is 1. The molecule has 5 rings (SSSR count). The second-order valence-corrected chi connectivity index (χ2v) is 9.11. The van der Waals surface area contributed by atoms with E-state index >= 15 is 0 Å². The first-order valence-electron chi connectivity index (χ1n) is 10.6. The second-order valence-electron chi connectivity index (χ2n) is 7.97. The van der Waals surface area contributed by atoms with Gasteiger partial charge in [-0.3, -0.25) is 0 Å². The summed E-state index contributed by atoms with van der Waals surface area (Å²) in [7, 11) is 1.64. The van der Waals surface area contributed by atoms with Crippen LogP contribution in [0.5, 0.6) is 5.75 Å². The van der Waals surface area contributed by atoms with Crippen molar-refractivity contribution in [3.63, 3.8) is 0 Å². The van der Waals surface area contributed by atoms with E-state index in [4.69, 9.17) is 4.74 Å². The van der Waals surface area contributed by atoms with Crippen LogP contribution in [0.3, 0.4) is 0 Å². The summed E-state index contributed by atoms with van der Waals surface area (Å²) in [6.45, 7) is 0.734. The maximum atomic E-state index is 13.3. The van der Waals surface area contributed by atoms with Crippen molar-refractivity contribution in [1.82, 2.24) is 4.90 Å². The maximum absolute atomic E-state index is 13.3. The zero-order chi connectivity index (χ0) is 20.5. The predicted octanol–water partition coefficient (Wildman–Crippen LogP) is 5.82. The molecule has 3 aromatic rings. The first kappa shape index (κ1) is 19.2.